The van der Waals surface area contributed by atoms with Gasteiger partial charge >= 0.3 is 0 Å². The summed E-state index contributed by atoms with van der Waals surface area (Å²) in [5.74, 6) is 2.41. The standard InChI is InChI=1S/C7H14N2O.C7H16N2.C6H14N2.2C6H13NO.2C6H12O.C5H11N.C4H11N.C4H10O.C4H8.C3H5N.C3H8O.C2H4F2.C2H5NO.C2H6S/c1-7(10)9-5-3-8(2)4-6-9;1-3-9-6-4-8(2)5-7-9;1-2-8-4-3-6(7)5-8;1-2-7-3-5-8-6-4-7;1-2-7-4-3-6(8)5-7;2*1-5(7)6(2,3)4;1-5-3-6(2)4-5;1-4-5(2)3;1-3-4-5-2;1-4-2-3-4;1-3-4-2;1-2-3-4;2*1-2(3)4;1-3-2/h3-6H2,1-2H3;3-7H2,1-2H3;6H,2-5,7H2,1H3;2-6H2,1H3;6,8H,2-5H2,1H3;2*1-4H3;5H,3-4H2,1-2H3;4H2,1-3H3;3-4H2,1-2H3;4H,2-3H2,1H3;3H2,1H3;4H,2-3H2,1H3;2H,1H3;1H3,(H2,3,4);1-2H3. The maximum absolute atomic E-state index is 10.8. The van der Waals surface area contributed by atoms with Crippen LogP contribution in [0, 0.1) is 29.2 Å². The molecule has 2 unspecified atom stereocenters. The van der Waals surface area contributed by atoms with Gasteiger partial charge in [0.15, 0.2) is 0 Å². The molecule has 2 amide bonds. The van der Waals surface area contributed by atoms with Gasteiger partial charge < -0.3 is 75.2 Å². The van der Waals surface area contributed by atoms with Gasteiger partial charge in [0, 0.05) is 156 Å². The second-order valence-corrected chi connectivity index (χ2v) is 27.9. The molecule has 0 bridgehead atoms. The number of β-amino-alcohol motifs (C(OH)–C–C–N with tert-alkyl or cyclic N) is 1. The highest BCUT2D eigenvalue weighted by molar-refractivity contribution is 7.97. The summed E-state index contributed by atoms with van der Waals surface area (Å²) in [6.45, 7) is 73.2. The summed E-state index contributed by atoms with van der Waals surface area (Å²) in [6, 6.07) is 0.454. The fraction of sp³-hybridized carbons (Fsp3) is 0.932. The van der Waals surface area contributed by atoms with E-state index in [1.165, 1.54) is 85.1 Å². The molecule has 0 aromatic heterocycles. The van der Waals surface area contributed by atoms with Crippen molar-refractivity contribution in [1.29, 1.82) is 0 Å². The SMILES string of the molecule is CC(=O)C(C)(C)C.CC(=O)C(C)(C)C.CC(=O)N1CCN(C)CC1.CC(F)F.CC(N)=O.CC1CC1.CC1CN(C)C1.CCCO.CCCOC.CCN(C)C.CCN1CCC(N)C1.CCN1CCC(O)C1.CCN1CCN(C)CC1.CCN1CCOCC1.CSC.[C-]#[N+]CC. The number of morpholine rings is 1. The zero-order chi connectivity index (χ0) is 76.8. The number of ketones is 2. The van der Waals surface area contributed by atoms with Crippen LogP contribution in [0.4, 0.5) is 8.78 Å². The molecular weight excluding hydrogens is 1240 g/mol. The van der Waals surface area contributed by atoms with Gasteiger partial charge in [-0.2, -0.15) is 11.8 Å². The van der Waals surface area contributed by atoms with Gasteiger partial charge in [0.05, 0.1) is 19.3 Å². The topological polar surface area (TPSA) is 213 Å². The van der Waals surface area contributed by atoms with Gasteiger partial charge in [0.1, 0.15) is 11.6 Å². The highest BCUT2D eigenvalue weighted by atomic mass is 32.2. The van der Waals surface area contributed by atoms with Crippen LogP contribution in [-0.4, -0.2) is 322 Å². The molecule has 6 aliphatic heterocycles. The molecule has 582 valence electrons. The lowest BCUT2D eigenvalue weighted by molar-refractivity contribution is -0.130. The van der Waals surface area contributed by atoms with Gasteiger partial charge in [-0.3, -0.25) is 24.1 Å². The quantitative estimate of drug-likeness (QED) is 0.166. The Morgan fingerprint density at radius 2 is 0.938 bits per heavy atom. The highest BCUT2D eigenvalue weighted by Gasteiger charge is 2.20. The molecule has 2 atom stereocenters. The zero-order valence-corrected chi connectivity index (χ0v) is 69.0. The maximum Gasteiger partial charge on any atom is 0.235 e. The normalized spacial score (nSPS) is 18.5. The molecule has 6 saturated heterocycles. The Bertz CT molecular complexity index is 1600. The molecule has 1 aliphatic carbocycles. The van der Waals surface area contributed by atoms with Crippen molar-refractivity contribution in [1.82, 2.24) is 44.1 Å². The van der Waals surface area contributed by atoms with Crippen LogP contribution >= 0.6 is 11.8 Å². The molecule has 20 nitrogen and oxygen atoms in total. The van der Waals surface area contributed by atoms with Crippen molar-refractivity contribution in [2.45, 2.75) is 202 Å². The second kappa shape index (κ2) is 78.2. The van der Waals surface area contributed by atoms with Crippen LogP contribution in [0.2, 0.25) is 0 Å². The van der Waals surface area contributed by atoms with Crippen molar-refractivity contribution < 1.29 is 47.6 Å². The molecule has 7 rings (SSSR count). The summed E-state index contributed by atoms with van der Waals surface area (Å²) in [5.41, 5.74) is 9.85. The Kier molecular flexibility index (Phi) is 91.2. The second-order valence-electron chi connectivity index (χ2n) is 27.1. The fourth-order valence-electron chi connectivity index (χ4n) is 6.83. The summed E-state index contributed by atoms with van der Waals surface area (Å²) in [7, 11) is 12.2. The molecule has 96 heavy (non-hydrogen) atoms. The number of nitrogens with zero attached hydrogens (tertiary/aromatic N) is 10. The number of likely N-dealkylation sites (N-methyl/N-ethyl adjacent to an activating group) is 6. The molecule has 0 aromatic rings. The predicted octanol–water partition coefficient (Wildman–Crippen LogP) is 10.4. The number of rotatable bonds is 8. The number of hydrogen-bond acceptors (Lipinski definition) is 18. The summed E-state index contributed by atoms with van der Waals surface area (Å²) in [6.07, 6.45) is 8.99. The average molecular weight is 1410 g/mol. The largest absolute Gasteiger partial charge is 0.396 e. The Balaban J connectivity index is -0.000000121. The van der Waals surface area contributed by atoms with E-state index in [1.807, 2.05) is 72.8 Å². The van der Waals surface area contributed by atoms with Crippen molar-refractivity contribution >= 4 is 35.1 Å². The minimum atomic E-state index is -2.17. The van der Waals surface area contributed by atoms with E-state index in [0.29, 0.717) is 19.2 Å². The third kappa shape index (κ3) is 105. The van der Waals surface area contributed by atoms with Crippen LogP contribution in [0.15, 0.2) is 0 Å². The van der Waals surface area contributed by atoms with Gasteiger partial charge in [-0.1, -0.05) is 117 Å². The molecular formula is C73H162F2N12O8S. The van der Waals surface area contributed by atoms with Gasteiger partial charge in [-0.25, -0.2) is 15.4 Å². The number of primary amides is 1. The third-order valence-corrected chi connectivity index (χ3v) is 14.6. The van der Waals surface area contributed by atoms with Crippen molar-refractivity contribution in [3.63, 3.8) is 0 Å². The summed E-state index contributed by atoms with van der Waals surface area (Å²) < 4.78 is 30.5. The Hall–Kier alpha value is -2.54. The first-order valence-corrected chi connectivity index (χ1v) is 37.5. The third-order valence-electron chi connectivity index (χ3n) is 14.6. The lowest BCUT2D eigenvalue weighted by Crippen LogP contribution is -2.46. The van der Waals surface area contributed by atoms with E-state index in [9.17, 15) is 28.0 Å². The first kappa shape index (κ1) is 112. The number of thioether (sulfide) groups is 1. The molecule has 0 spiro atoms. The molecule has 7 fully saturated rings. The van der Waals surface area contributed by atoms with Crippen molar-refractivity contribution in [2.75, 3.05) is 225 Å². The van der Waals surface area contributed by atoms with Crippen molar-refractivity contribution in [3.05, 3.63) is 11.4 Å². The molecule has 0 radical (unpaired) electrons. The number of aliphatic hydroxyl groups excluding tert-OH is 2. The number of carbonyl (C=O) groups excluding carboxylic acids is 4. The monoisotopic (exact) mass is 1410 g/mol. The maximum atomic E-state index is 10.8. The number of nitrogens with two attached hydrogens (primary N) is 2. The Labute approximate surface area is 597 Å². The van der Waals surface area contributed by atoms with Crippen LogP contribution in [0.1, 0.15) is 184 Å². The Morgan fingerprint density at radius 3 is 1.08 bits per heavy atom. The number of piperazine rings is 2. The fourth-order valence-corrected chi connectivity index (χ4v) is 6.83. The van der Waals surface area contributed by atoms with E-state index in [2.05, 4.69) is 140 Å². The van der Waals surface area contributed by atoms with E-state index in [0.717, 1.165) is 136 Å². The smallest absolute Gasteiger partial charge is 0.235 e. The van der Waals surface area contributed by atoms with E-state index >= 15 is 0 Å². The lowest BCUT2D eigenvalue weighted by atomic mass is 9.92. The predicted molar refractivity (Wildman–Crippen MR) is 412 cm³/mol. The minimum absolute atomic E-state index is 0.0463. The molecule has 23 heteroatoms. The van der Waals surface area contributed by atoms with Crippen LogP contribution in [0.25, 0.3) is 4.85 Å². The number of amides is 2. The van der Waals surface area contributed by atoms with Crippen LogP contribution < -0.4 is 11.5 Å². The summed E-state index contributed by atoms with van der Waals surface area (Å²) in [5, 5.41) is 16.9. The first-order chi connectivity index (χ1) is 44.6. The van der Waals surface area contributed by atoms with Gasteiger partial charge in [0.25, 0.3) is 0 Å². The van der Waals surface area contributed by atoms with Crippen molar-refractivity contribution in [3.8, 4) is 0 Å². The molecule has 1 saturated carbocycles. The highest BCUT2D eigenvalue weighted by Crippen LogP contribution is 2.26. The number of likely N-dealkylation sites (tertiary alicyclic amines) is 3. The number of aliphatic hydroxyl groups is 2. The molecule has 6 N–H and O–H groups in total. The van der Waals surface area contributed by atoms with Crippen LogP contribution in [0.3, 0.4) is 0 Å². The summed E-state index contributed by atoms with van der Waals surface area (Å²) >= 11 is 1.75. The number of halogens is 2. The summed E-state index contributed by atoms with van der Waals surface area (Å²) in [4.78, 5) is 64.4. The van der Waals surface area contributed by atoms with Gasteiger partial charge in [-0.05, 0) is 145 Å². The number of hydrogen-bond donors (Lipinski definition) is 4. The Morgan fingerprint density at radius 1 is 0.625 bits per heavy atom. The first-order valence-electron chi connectivity index (χ1n) is 35.8. The zero-order valence-electron chi connectivity index (χ0n) is 68.1. The number of ether oxygens (including phenoxy) is 2. The number of methoxy groups -OCH3 is 1. The number of alkyl halides is 2. The lowest BCUT2D eigenvalue weighted by Gasteiger charge is -2.33. The molecule has 6 heterocycles. The minimum Gasteiger partial charge on any atom is -0.396 e. The van der Waals surface area contributed by atoms with Crippen molar-refractivity contribution in [2.24, 2.45) is 34.1 Å². The average Bonchev–Trinajstić information content (AvgIpc) is 2.51. The van der Waals surface area contributed by atoms with E-state index in [-0.39, 0.29) is 40.3 Å². The molecule has 0 aromatic carbocycles. The van der Waals surface area contributed by atoms with E-state index in [1.54, 1.807) is 39.6 Å². The van der Waals surface area contributed by atoms with Gasteiger partial charge in [-0.15, -0.1) is 0 Å². The van der Waals surface area contributed by atoms with Crippen LogP contribution in [0.5, 0.6) is 0 Å². The van der Waals surface area contributed by atoms with E-state index in [4.69, 9.17) is 32.0 Å². The van der Waals surface area contributed by atoms with Gasteiger partial charge in [0.2, 0.25) is 24.8 Å². The van der Waals surface area contributed by atoms with E-state index < -0.39 is 6.43 Å². The van der Waals surface area contributed by atoms with Crippen LogP contribution in [-0.2, 0) is 28.7 Å². The number of carbonyl (C=O) groups is 4. The molecule has 7 aliphatic rings. The number of Topliss-reactive ketones (excluding diaryl/α,β-unsaturated/α-hetero) is 2.